The predicted octanol–water partition coefficient (Wildman–Crippen LogP) is 21.3. The summed E-state index contributed by atoms with van der Waals surface area (Å²) in [7, 11) is 0. The van der Waals surface area contributed by atoms with Gasteiger partial charge in [-0.2, -0.15) is 5.26 Å². The van der Waals surface area contributed by atoms with Crippen LogP contribution in [-0.2, 0) is 22.7 Å². The molecule has 0 radical (unpaired) electrons. The van der Waals surface area contributed by atoms with Gasteiger partial charge in [0.15, 0.2) is 17.5 Å². The highest BCUT2D eigenvalue weighted by atomic mass is 16.5. The van der Waals surface area contributed by atoms with Crippen molar-refractivity contribution in [2.24, 2.45) is 0 Å². The molecular formula is C98H64BN7O4. The van der Waals surface area contributed by atoms with Gasteiger partial charge in [-0.15, -0.1) is 0 Å². The summed E-state index contributed by atoms with van der Waals surface area (Å²) < 4.78 is 14.6. The van der Waals surface area contributed by atoms with Crippen LogP contribution in [0.5, 0.6) is 0 Å². The average Bonchev–Trinajstić information content (AvgIpc) is 0.880. The first-order valence-corrected chi connectivity index (χ1v) is 36.7. The van der Waals surface area contributed by atoms with E-state index in [1.54, 1.807) is 0 Å². The number of ether oxygens (including phenoxy) is 2. The van der Waals surface area contributed by atoms with Gasteiger partial charge in [0.25, 0.3) is 6.71 Å². The van der Waals surface area contributed by atoms with Gasteiger partial charge in [-0.05, 0) is 169 Å². The predicted molar refractivity (Wildman–Crippen MR) is 442 cm³/mol. The van der Waals surface area contributed by atoms with Crippen molar-refractivity contribution < 1.29 is 19.1 Å². The molecule has 4 heterocycles. The first-order chi connectivity index (χ1) is 54.3. The van der Waals surface area contributed by atoms with E-state index in [2.05, 4.69) is 202 Å². The van der Waals surface area contributed by atoms with Crippen molar-refractivity contribution in [1.82, 2.24) is 19.5 Å². The van der Waals surface area contributed by atoms with Gasteiger partial charge in [-0.25, -0.2) is 24.5 Å². The van der Waals surface area contributed by atoms with Crippen LogP contribution in [-0.4, -0.2) is 38.2 Å². The van der Waals surface area contributed by atoms with E-state index in [0.717, 1.165) is 145 Å². The lowest BCUT2D eigenvalue weighted by atomic mass is 9.33. The molecule has 0 bridgehead atoms. The summed E-state index contributed by atoms with van der Waals surface area (Å²) in [6.45, 7) is -0.233. The Balaban J connectivity index is 0.856. The number of aromatic nitrogens is 4. The lowest BCUT2D eigenvalue weighted by molar-refractivity contribution is 0.0464. The summed E-state index contributed by atoms with van der Waals surface area (Å²) in [5, 5.41) is 12.7. The summed E-state index contributed by atoms with van der Waals surface area (Å²) in [5.41, 5.74) is 24.1. The number of fused-ring (bicyclic) bond motifs is 7. The topological polar surface area (TPSA) is 126 Å². The van der Waals surface area contributed by atoms with Gasteiger partial charge >= 0.3 is 11.9 Å². The number of hydrogen-bond acceptors (Lipinski definition) is 10. The summed E-state index contributed by atoms with van der Waals surface area (Å²) in [5.74, 6) is 0.492. The Bertz CT molecular complexity index is 6170. The van der Waals surface area contributed by atoms with Gasteiger partial charge in [0.2, 0.25) is 0 Å². The maximum atomic E-state index is 14.7. The molecule has 17 aromatic rings. The highest BCUT2D eigenvalue weighted by Crippen LogP contribution is 2.49. The number of anilines is 6. The van der Waals surface area contributed by atoms with Gasteiger partial charge in [-0.3, -0.25) is 0 Å². The molecule has 2 aromatic heterocycles. The van der Waals surface area contributed by atoms with Gasteiger partial charge in [0.05, 0.1) is 39.5 Å². The molecule has 11 nitrogen and oxygen atoms in total. The summed E-state index contributed by atoms with van der Waals surface area (Å²) in [6.07, 6.45) is 0. The number of rotatable bonds is 16. The maximum Gasteiger partial charge on any atom is 0.338 e. The van der Waals surface area contributed by atoms with Gasteiger partial charge in [0, 0.05) is 61.6 Å². The number of hydrogen-bond donors (Lipinski definition) is 0. The molecule has 12 heteroatoms. The Morgan fingerprint density at radius 3 is 1.21 bits per heavy atom. The Morgan fingerprint density at radius 2 is 0.736 bits per heavy atom. The summed E-state index contributed by atoms with van der Waals surface area (Å²) in [4.78, 5) is 49.7. The molecule has 0 N–H and O–H groups in total. The second-order valence-corrected chi connectivity index (χ2v) is 27.6. The van der Waals surface area contributed by atoms with Crippen LogP contribution in [0.4, 0.5) is 34.1 Å². The van der Waals surface area contributed by atoms with E-state index in [1.807, 2.05) is 182 Å². The minimum absolute atomic E-state index is 0.0987. The second-order valence-electron chi connectivity index (χ2n) is 27.6. The van der Waals surface area contributed by atoms with Crippen LogP contribution < -0.4 is 26.2 Å². The number of carbonyl (C=O) groups is 2. The normalized spacial score (nSPS) is 11.9. The van der Waals surface area contributed by atoms with Crippen molar-refractivity contribution in [1.29, 1.82) is 5.26 Å². The Hall–Kier alpha value is -14.8. The fourth-order valence-electron chi connectivity index (χ4n) is 15.6. The van der Waals surface area contributed by atoms with Crippen LogP contribution in [0.25, 0.3) is 106 Å². The van der Waals surface area contributed by atoms with Crippen molar-refractivity contribution in [2.45, 2.75) is 13.2 Å². The Labute approximate surface area is 636 Å². The molecule has 15 aromatic carbocycles. The zero-order valence-corrected chi connectivity index (χ0v) is 59.4. The monoisotopic (exact) mass is 1410 g/mol. The van der Waals surface area contributed by atoms with Crippen LogP contribution >= 0.6 is 0 Å². The van der Waals surface area contributed by atoms with Crippen LogP contribution in [0.2, 0.25) is 0 Å². The van der Waals surface area contributed by atoms with Crippen molar-refractivity contribution in [3.63, 3.8) is 0 Å². The van der Waals surface area contributed by atoms with Crippen molar-refractivity contribution in [2.75, 3.05) is 9.80 Å². The molecule has 2 aliphatic heterocycles. The molecule has 0 spiro atoms. The number of nitrogens with zero attached hydrogens (tertiary/aromatic N) is 7. The summed E-state index contributed by atoms with van der Waals surface area (Å²) in [6, 6.07) is 126. The van der Waals surface area contributed by atoms with E-state index >= 15 is 0 Å². The van der Waals surface area contributed by atoms with Crippen molar-refractivity contribution in [3.8, 4) is 90.4 Å². The molecule has 110 heavy (non-hydrogen) atoms. The molecule has 0 aliphatic carbocycles. The molecule has 0 fully saturated rings. The van der Waals surface area contributed by atoms with Crippen LogP contribution in [0.15, 0.2) is 364 Å². The van der Waals surface area contributed by atoms with E-state index in [9.17, 15) is 14.9 Å². The van der Waals surface area contributed by atoms with E-state index in [-0.39, 0.29) is 13.2 Å². The summed E-state index contributed by atoms with van der Waals surface area (Å²) >= 11 is 0. The smallest absolute Gasteiger partial charge is 0.338 e. The second kappa shape index (κ2) is 28.2. The van der Waals surface area contributed by atoms with E-state index < -0.39 is 18.7 Å². The molecule has 0 saturated heterocycles. The Morgan fingerprint density at radius 1 is 0.327 bits per heavy atom. The third kappa shape index (κ3) is 12.3. The number of esters is 2. The number of benzene rings is 15. The SMILES string of the molecule is N#Cc1ccc(-n2c3ccc(-c4cc5c6c(c4)N(c4ccc(-c7ccccc7)cc4)c4cc(C(=O)OCc7ccccc7)ccc4B6c4ccc(C(=O)OCc6ccccc6)cc4N5c4ccc(-c5ccccc5)cc4)cc3c3ccc(-c4ccccc4)cc32)c(-c2nc(-c3ccccc3)nc(-c3ccccc3)n2)c1. The standard InChI is InChI=1S/C98H64BN7O4/c100-61-66-36-52-87(83(54-66)96-102-94(72-32-18-6-19-33-72)101-95(103-96)73-34-20-7-21-35-73)106-86-53-44-74(55-82(86)81-49-41-75(56-88(81)106)69-30-16-5-17-31-69)78-59-91-93-92(60-78)105(80-47-39-71(40-48-80)68-28-14-4-15-29-68)90-58-77(98(108)110-63-65-24-10-2-11-25-65)43-51-85(90)99(93)84-50-42-76(97(107)109-62-64-22-8-1-9-23-64)57-89(84)104(91)79-45-37-70(38-46-79)67-26-12-3-13-27-67/h1-60H,62-63H2. The minimum Gasteiger partial charge on any atom is -0.457 e. The first-order valence-electron chi connectivity index (χ1n) is 36.7. The lowest BCUT2D eigenvalue weighted by Gasteiger charge is -2.44. The largest absolute Gasteiger partial charge is 0.457 e. The molecular weight excluding hydrogens is 1350 g/mol. The number of carbonyl (C=O) groups excluding carboxylic acids is 2. The molecule has 0 atom stereocenters. The fourth-order valence-corrected chi connectivity index (χ4v) is 15.6. The third-order valence-corrected chi connectivity index (χ3v) is 20.9. The Kier molecular flexibility index (Phi) is 16.9. The van der Waals surface area contributed by atoms with Crippen LogP contribution in [0.1, 0.15) is 37.4 Å². The number of nitriles is 1. The first kappa shape index (κ1) is 65.9. The van der Waals surface area contributed by atoms with E-state index in [0.29, 0.717) is 39.7 Å². The maximum absolute atomic E-state index is 14.7. The minimum atomic E-state index is -0.456. The van der Waals surface area contributed by atoms with E-state index in [1.165, 1.54) is 0 Å². The van der Waals surface area contributed by atoms with Gasteiger partial charge < -0.3 is 23.8 Å². The van der Waals surface area contributed by atoms with E-state index in [4.69, 9.17) is 24.4 Å². The molecule has 0 saturated carbocycles. The zero-order chi connectivity index (χ0) is 73.6. The quantitative estimate of drug-likeness (QED) is 0.0682. The lowest BCUT2D eigenvalue weighted by Crippen LogP contribution is -2.61. The highest BCUT2D eigenvalue weighted by Gasteiger charge is 2.44. The highest BCUT2D eigenvalue weighted by molar-refractivity contribution is 7.00. The van der Waals surface area contributed by atoms with Crippen molar-refractivity contribution in [3.05, 3.63) is 392 Å². The molecule has 19 rings (SSSR count). The third-order valence-electron chi connectivity index (χ3n) is 20.9. The zero-order valence-electron chi connectivity index (χ0n) is 59.4. The molecule has 2 aliphatic rings. The molecule has 0 unspecified atom stereocenters. The van der Waals surface area contributed by atoms with Crippen LogP contribution in [0, 0.1) is 11.3 Å². The van der Waals surface area contributed by atoms with Gasteiger partial charge in [0.1, 0.15) is 13.2 Å². The van der Waals surface area contributed by atoms with Gasteiger partial charge in [-0.1, -0.05) is 267 Å². The molecule has 518 valence electrons. The average molecular weight is 1410 g/mol. The fraction of sp³-hybridized carbons (Fsp3) is 0.0204. The van der Waals surface area contributed by atoms with Crippen molar-refractivity contribution >= 4 is 91.0 Å². The van der Waals surface area contributed by atoms with Crippen LogP contribution in [0.3, 0.4) is 0 Å². The molecule has 0 amide bonds.